The van der Waals surface area contributed by atoms with Crippen molar-refractivity contribution in [1.82, 2.24) is 0 Å². The van der Waals surface area contributed by atoms with E-state index < -0.39 is 12.4 Å². The molecule has 0 bridgehead atoms. The summed E-state index contributed by atoms with van der Waals surface area (Å²) >= 11 is 0. The number of rotatable bonds is 5. The molecule has 2 aliphatic rings. The van der Waals surface area contributed by atoms with Gasteiger partial charge in [-0.25, -0.2) is 0 Å². The first-order valence-corrected chi connectivity index (χ1v) is 7.28. The first-order chi connectivity index (χ1) is 8.59. The molecule has 0 aromatic carbocycles. The maximum atomic E-state index is 12.7. The second kappa shape index (κ2) is 6.29. The average Bonchev–Trinajstić information content (AvgIpc) is 2.69. The van der Waals surface area contributed by atoms with E-state index >= 15 is 0 Å². The molecule has 2 fully saturated rings. The third-order valence-corrected chi connectivity index (χ3v) is 4.30. The highest BCUT2D eigenvalue weighted by Crippen LogP contribution is 2.35. The van der Waals surface area contributed by atoms with Crippen LogP contribution in [0.5, 0.6) is 0 Å². The van der Waals surface area contributed by atoms with Crippen molar-refractivity contribution in [2.24, 2.45) is 11.8 Å². The van der Waals surface area contributed by atoms with Crippen LogP contribution in [-0.4, -0.2) is 19.0 Å². The zero-order valence-electron chi connectivity index (χ0n) is 11.2. The van der Waals surface area contributed by atoms with E-state index in [1.807, 2.05) is 0 Å². The molecule has 106 valence electrons. The van der Waals surface area contributed by atoms with E-state index in [-0.39, 0.29) is 6.61 Å². The summed E-state index contributed by atoms with van der Waals surface area (Å²) in [6, 6.07) is 0. The van der Waals surface area contributed by atoms with Crippen LogP contribution in [-0.2, 0) is 9.47 Å². The van der Waals surface area contributed by atoms with Crippen molar-refractivity contribution in [1.29, 1.82) is 0 Å². The number of alkyl halides is 2. The van der Waals surface area contributed by atoms with Gasteiger partial charge in [-0.05, 0) is 24.7 Å². The zero-order valence-corrected chi connectivity index (χ0v) is 11.2. The average molecular weight is 262 g/mol. The van der Waals surface area contributed by atoms with Gasteiger partial charge >= 0.3 is 6.29 Å². The molecule has 1 atom stereocenters. The van der Waals surface area contributed by atoms with E-state index in [0.29, 0.717) is 12.3 Å². The van der Waals surface area contributed by atoms with Gasteiger partial charge in [0.2, 0.25) is 0 Å². The Morgan fingerprint density at radius 2 is 1.61 bits per heavy atom. The first kappa shape index (κ1) is 14.2. The van der Waals surface area contributed by atoms with Crippen LogP contribution in [0.3, 0.4) is 0 Å². The largest absolute Gasteiger partial charge is 0.485 e. The molecule has 1 saturated carbocycles. The molecule has 0 amide bonds. The molecule has 1 heterocycles. The summed E-state index contributed by atoms with van der Waals surface area (Å²) in [6.07, 6.45) is 5.73. The molecule has 0 spiro atoms. The van der Waals surface area contributed by atoms with Gasteiger partial charge in [-0.1, -0.05) is 45.4 Å². The van der Waals surface area contributed by atoms with Crippen LogP contribution >= 0.6 is 0 Å². The van der Waals surface area contributed by atoms with Gasteiger partial charge in [-0.3, -0.25) is 9.47 Å². The van der Waals surface area contributed by atoms with Gasteiger partial charge < -0.3 is 0 Å². The number of ether oxygens (including phenoxy) is 2. The normalized spacial score (nSPS) is 35.8. The third kappa shape index (κ3) is 4.16. The van der Waals surface area contributed by atoms with Gasteiger partial charge in [-0.15, -0.1) is 8.78 Å². The van der Waals surface area contributed by atoms with Gasteiger partial charge in [0.1, 0.15) is 0 Å². The van der Waals surface area contributed by atoms with Gasteiger partial charge in [0.15, 0.2) is 0 Å². The Morgan fingerprint density at radius 1 is 1.00 bits per heavy atom. The van der Waals surface area contributed by atoms with E-state index in [9.17, 15) is 8.78 Å². The smallest absolute Gasteiger partial charge is 0.293 e. The summed E-state index contributed by atoms with van der Waals surface area (Å²) in [5.41, 5.74) is 0. The van der Waals surface area contributed by atoms with Crippen LogP contribution in [0, 0.1) is 11.8 Å². The number of hydrogen-bond donors (Lipinski definition) is 0. The highest BCUT2D eigenvalue weighted by molar-refractivity contribution is 4.74. The maximum absolute atomic E-state index is 12.7. The molecule has 18 heavy (non-hydrogen) atoms. The topological polar surface area (TPSA) is 18.5 Å². The molecule has 0 aromatic rings. The second-order valence-electron chi connectivity index (χ2n) is 5.77. The van der Waals surface area contributed by atoms with E-state index in [1.165, 1.54) is 38.5 Å². The minimum absolute atomic E-state index is 0.0399. The Balaban J connectivity index is 1.61. The highest BCUT2D eigenvalue weighted by Gasteiger charge is 2.42. The van der Waals surface area contributed by atoms with Crippen LogP contribution in [0.25, 0.3) is 0 Å². The Kier molecular flexibility index (Phi) is 4.96. The minimum atomic E-state index is -3.34. The number of halogens is 2. The van der Waals surface area contributed by atoms with Crippen molar-refractivity contribution in [2.45, 2.75) is 70.7 Å². The zero-order chi connectivity index (χ0) is 13.0. The van der Waals surface area contributed by atoms with Crippen LogP contribution in [0.15, 0.2) is 0 Å². The monoisotopic (exact) mass is 262 g/mol. The van der Waals surface area contributed by atoms with Gasteiger partial charge in [0, 0.05) is 0 Å². The van der Waals surface area contributed by atoms with Crippen molar-refractivity contribution in [2.75, 3.05) is 6.61 Å². The molecule has 0 N–H and O–H groups in total. The van der Waals surface area contributed by atoms with Gasteiger partial charge in [0.05, 0.1) is 12.7 Å². The summed E-state index contributed by atoms with van der Waals surface area (Å²) in [5, 5.41) is 0. The van der Waals surface area contributed by atoms with Crippen LogP contribution in [0.1, 0.15) is 58.3 Å². The lowest BCUT2D eigenvalue weighted by atomic mass is 9.78. The molecular formula is C14H24F2O2. The van der Waals surface area contributed by atoms with E-state index in [2.05, 4.69) is 16.4 Å². The molecule has 0 radical (unpaired) electrons. The predicted octanol–water partition coefficient (Wildman–Crippen LogP) is 4.34. The lowest BCUT2D eigenvalue weighted by Crippen LogP contribution is -2.20. The fourth-order valence-corrected chi connectivity index (χ4v) is 3.23. The summed E-state index contributed by atoms with van der Waals surface area (Å²) in [7, 11) is 0. The fraction of sp³-hybridized carbons (Fsp3) is 1.00. The van der Waals surface area contributed by atoms with Gasteiger partial charge in [-0.2, -0.15) is 0 Å². The lowest BCUT2D eigenvalue weighted by molar-refractivity contribution is -0.346. The first-order valence-electron chi connectivity index (χ1n) is 7.28. The van der Waals surface area contributed by atoms with E-state index in [4.69, 9.17) is 0 Å². The molecule has 1 saturated heterocycles. The standard InChI is InChI=1S/C14H24F2O2/c1-2-3-11-4-6-12(7-5-11)8-9-13-10-17-14(15,16)18-13/h11-13H,2-10H2,1H3. The molecule has 1 unspecified atom stereocenters. The maximum Gasteiger partial charge on any atom is 0.485 e. The molecule has 4 heteroatoms. The minimum Gasteiger partial charge on any atom is -0.293 e. The van der Waals surface area contributed by atoms with Crippen molar-refractivity contribution in [3.8, 4) is 0 Å². The molecule has 1 aliphatic carbocycles. The van der Waals surface area contributed by atoms with Crippen molar-refractivity contribution in [3.05, 3.63) is 0 Å². The Labute approximate surface area is 108 Å². The summed E-state index contributed by atoms with van der Waals surface area (Å²) in [6.45, 7) is 2.28. The second-order valence-corrected chi connectivity index (χ2v) is 5.77. The summed E-state index contributed by atoms with van der Waals surface area (Å²) in [4.78, 5) is 0. The Morgan fingerprint density at radius 3 is 2.11 bits per heavy atom. The van der Waals surface area contributed by atoms with Crippen molar-refractivity contribution < 1.29 is 18.3 Å². The molecule has 1 aliphatic heterocycles. The van der Waals surface area contributed by atoms with E-state index in [1.54, 1.807) is 0 Å². The third-order valence-electron chi connectivity index (χ3n) is 4.30. The van der Waals surface area contributed by atoms with Crippen LogP contribution in [0.2, 0.25) is 0 Å². The molecule has 2 nitrogen and oxygen atoms in total. The number of hydrogen-bond acceptors (Lipinski definition) is 2. The molecule has 2 rings (SSSR count). The van der Waals surface area contributed by atoms with Crippen molar-refractivity contribution >= 4 is 0 Å². The lowest BCUT2D eigenvalue weighted by Gasteiger charge is -2.28. The van der Waals surface area contributed by atoms with Crippen molar-refractivity contribution in [3.63, 3.8) is 0 Å². The Hall–Kier alpha value is -0.220. The van der Waals surface area contributed by atoms with E-state index in [0.717, 1.165) is 12.3 Å². The Bertz CT molecular complexity index is 250. The van der Waals surface area contributed by atoms with Crippen LogP contribution in [0.4, 0.5) is 8.78 Å². The van der Waals surface area contributed by atoms with Gasteiger partial charge in [0.25, 0.3) is 0 Å². The molecule has 0 aromatic heterocycles. The van der Waals surface area contributed by atoms with Crippen LogP contribution < -0.4 is 0 Å². The summed E-state index contributed by atoms with van der Waals surface area (Å²) in [5.74, 6) is 1.61. The summed E-state index contributed by atoms with van der Waals surface area (Å²) < 4.78 is 34.1. The highest BCUT2D eigenvalue weighted by atomic mass is 19.3. The SMILES string of the molecule is CCCC1CCC(CCC2COC(F)(F)O2)CC1. The predicted molar refractivity (Wildman–Crippen MR) is 65.4 cm³/mol. The quantitative estimate of drug-likeness (QED) is 0.733. The molecular weight excluding hydrogens is 238 g/mol. The fourth-order valence-electron chi connectivity index (χ4n) is 3.23.